The van der Waals surface area contributed by atoms with Crippen molar-refractivity contribution < 1.29 is 4.79 Å². The van der Waals surface area contributed by atoms with E-state index in [1.54, 1.807) is 13.1 Å². The van der Waals surface area contributed by atoms with Gasteiger partial charge in [-0.2, -0.15) is 0 Å². The summed E-state index contributed by atoms with van der Waals surface area (Å²) in [6, 6.07) is 15.3. The van der Waals surface area contributed by atoms with Crippen molar-refractivity contribution in [3.8, 4) is 11.1 Å². The van der Waals surface area contributed by atoms with Crippen LogP contribution in [0.5, 0.6) is 0 Å². The van der Waals surface area contributed by atoms with Gasteiger partial charge in [0.25, 0.3) is 5.91 Å². The molecule has 2 aromatic rings. The summed E-state index contributed by atoms with van der Waals surface area (Å²) in [5.74, 6) is -0.166. The normalized spacial score (nSPS) is 9.94. The molecule has 0 atom stereocenters. The predicted molar refractivity (Wildman–Crippen MR) is 69.7 cm³/mol. The fraction of sp³-hybridized carbons (Fsp3) is 0.0714. The Balaban J connectivity index is 2.54. The van der Waals surface area contributed by atoms with Gasteiger partial charge in [-0.05, 0) is 11.6 Å². The van der Waals surface area contributed by atoms with E-state index in [-0.39, 0.29) is 5.91 Å². The summed E-state index contributed by atoms with van der Waals surface area (Å²) in [6.07, 6.45) is 0. The monoisotopic (exact) mass is 226 g/mol. The minimum atomic E-state index is -0.166. The van der Waals surface area contributed by atoms with E-state index < -0.39 is 0 Å². The number of benzene rings is 2. The molecule has 0 radical (unpaired) electrons. The van der Waals surface area contributed by atoms with Gasteiger partial charge in [0.05, 0.1) is 11.3 Å². The molecule has 0 aliphatic carbocycles. The van der Waals surface area contributed by atoms with Crippen molar-refractivity contribution in [3.63, 3.8) is 0 Å². The first-order valence-electron chi connectivity index (χ1n) is 5.40. The van der Waals surface area contributed by atoms with Crippen molar-refractivity contribution in [1.82, 2.24) is 5.32 Å². The van der Waals surface area contributed by atoms with Crippen molar-refractivity contribution in [2.24, 2.45) is 0 Å². The first-order valence-corrected chi connectivity index (χ1v) is 5.40. The van der Waals surface area contributed by atoms with Crippen LogP contribution in [0.2, 0.25) is 0 Å². The SMILES string of the molecule is CNC(=O)c1cccc(-c2ccccc2)c1N. The highest BCUT2D eigenvalue weighted by atomic mass is 16.1. The average molecular weight is 226 g/mol. The molecule has 2 aromatic carbocycles. The highest BCUT2D eigenvalue weighted by Crippen LogP contribution is 2.28. The second kappa shape index (κ2) is 4.70. The predicted octanol–water partition coefficient (Wildman–Crippen LogP) is 2.30. The van der Waals surface area contributed by atoms with Gasteiger partial charge in [-0.15, -0.1) is 0 Å². The Morgan fingerprint density at radius 1 is 1.06 bits per heavy atom. The molecule has 2 rings (SSSR count). The molecule has 0 unspecified atom stereocenters. The van der Waals surface area contributed by atoms with Crippen molar-refractivity contribution >= 4 is 11.6 Å². The maximum atomic E-state index is 11.6. The van der Waals surface area contributed by atoms with Crippen molar-refractivity contribution in [2.75, 3.05) is 12.8 Å². The Morgan fingerprint density at radius 3 is 2.41 bits per heavy atom. The number of para-hydroxylation sites is 1. The molecule has 3 heteroatoms. The molecule has 3 N–H and O–H groups in total. The maximum absolute atomic E-state index is 11.6. The summed E-state index contributed by atoms with van der Waals surface area (Å²) in [5, 5.41) is 2.58. The zero-order chi connectivity index (χ0) is 12.3. The summed E-state index contributed by atoms with van der Waals surface area (Å²) in [5.41, 5.74) is 8.94. The third kappa shape index (κ3) is 2.13. The number of amides is 1. The first-order chi connectivity index (χ1) is 8.24. The highest BCUT2D eigenvalue weighted by Gasteiger charge is 2.11. The minimum absolute atomic E-state index is 0.166. The highest BCUT2D eigenvalue weighted by molar-refractivity contribution is 6.02. The maximum Gasteiger partial charge on any atom is 0.253 e. The van der Waals surface area contributed by atoms with Crippen molar-refractivity contribution in [1.29, 1.82) is 0 Å². The number of hydrogen-bond donors (Lipinski definition) is 2. The standard InChI is InChI=1S/C14H14N2O/c1-16-14(17)12-9-5-8-11(13(12)15)10-6-3-2-4-7-10/h2-9H,15H2,1H3,(H,16,17). The molecule has 1 amide bonds. The number of nitrogens with two attached hydrogens (primary N) is 1. The van der Waals surface area contributed by atoms with E-state index >= 15 is 0 Å². The summed E-state index contributed by atoms with van der Waals surface area (Å²) in [4.78, 5) is 11.6. The van der Waals surface area contributed by atoms with Crippen LogP contribution in [-0.2, 0) is 0 Å². The summed E-state index contributed by atoms with van der Waals surface area (Å²) >= 11 is 0. The first kappa shape index (κ1) is 11.2. The van der Waals surface area contributed by atoms with E-state index in [9.17, 15) is 4.79 Å². The summed E-state index contributed by atoms with van der Waals surface area (Å²) < 4.78 is 0. The third-order valence-corrected chi connectivity index (χ3v) is 2.66. The lowest BCUT2D eigenvalue weighted by Gasteiger charge is -2.10. The van der Waals surface area contributed by atoms with Crippen LogP contribution in [0.4, 0.5) is 5.69 Å². The van der Waals surface area contributed by atoms with E-state index in [1.165, 1.54) is 0 Å². The van der Waals surface area contributed by atoms with Crippen molar-refractivity contribution in [2.45, 2.75) is 0 Å². The molecule has 0 heterocycles. The zero-order valence-electron chi connectivity index (χ0n) is 9.60. The second-order valence-corrected chi connectivity index (χ2v) is 3.71. The lowest BCUT2D eigenvalue weighted by atomic mass is 10.00. The number of nitrogens with one attached hydrogen (secondary N) is 1. The Hall–Kier alpha value is -2.29. The second-order valence-electron chi connectivity index (χ2n) is 3.71. The molecule has 0 saturated carbocycles. The average Bonchev–Trinajstić information content (AvgIpc) is 2.39. The van der Waals surface area contributed by atoms with Gasteiger partial charge in [-0.1, -0.05) is 42.5 Å². The number of rotatable bonds is 2. The zero-order valence-corrected chi connectivity index (χ0v) is 9.60. The van der Waals surface area contributed by atoms with Crippen LogP contribution in [-0.4, -0.2) is 13.0 Å². The van der Waals surface area contributed by atoms with Gasteiger partial charge in [0, 0.05) is 12.6 Å². The van der Waals surface area contributed by atoms with E-state index in [4.69, 9.17) is 5.73 Å². The Kier molecular flexibility index (Phi) is 3.10. The van der Waals surface area contributed by atoms with Gasteiger partial charge in [-0.3, -0.25) is 4.79 Å². The molecule has 0 fully saturated rings. The van der Waals surface area contributed by atoms with Gasteiger partial charge in [0.15, 0.2) is 0 Å². The van der Waals surface area contributed by atoms with E-state index in [2.05, 4.69) is 5.32 Å². The third-order valence-electron chi connectivity index (χ3n) is 2.66. The molecular weight excluding hydrogens is 212 g/mol. The van der Waals surface area contributed by atoms with Crippen molar-refractivity contribution in [3.05, 3.63) is 54.1 Å². The fourth-order valence-electron chi connectivity index (χ4n) is 1.77. The van der Waals surface area contributed by atoms with Crippen LogP contribution in [0.15, 0.2) is 48.5 Å². The van der Waals surface area contributed by atoms with Crippen LogP contribution in [0, 0.1) is 0 Å². The number of hydrogen-bond acceptors (Lipinski definition) is 2. The van der Waals surface area contributed by atoms with Crippen LogP contribution in [0.1, 0.15) is 10.4 Å². The largest absolute Gasteiger partial charge is 0.398 e. The molecule has 86 valence electrons. The molecule has 17 heavy (non-hydrogen) atoms. The minimum Gasteiger partial charge on any atom is -0.398 e. The lowest BCUT2D eigenvalue weighted by molar-refractivity contribution is 0.0964. The summed E-state index contributed by atoms with van der Waals surface area (Å²) in [6.45, 7) is 0. The lowest BCUT2D eigenvalue weighted by Crippen LogP contribution is -2.19. The summed E-state index contributed by atoms with van der Waals surface area (Å²) in [7, 11) is 1.59. The smallest absolute Gasteiger partial charge is 0.253 e. The molecule has 0 aromatic heterocycles. The Labute approximate surface area is 100 Å². The van der Waals surface area contributed by atoms with Gasteiger partial charge in [0.2, 0.25) is 0 Å². The number of nitrogen functional groups attached to an aromatic ring is 1. The molecular formula is C14H14N2O. The van der Waals surface area contributed by atoms with Gasteiger partial charge in [0.1, 0.15) is 0 Å². The van der Waals surface area contributed by atoms with E-state index in [0.29, 0.717) is 11.3 Å². The van der Waals surface area contributed by atoms with Crippen LogP contribution >= 0.6 is 0 Å². The quantitative estimate of drug-likeness (QED) is 0.772. The Morgan fingerprint density at radius 2 is 1.76 bits per heavy atom. The topological polar surface area (TPSA) is 55.1 Å². The number of carbonyl (C=O) groups is 1. The van der Waals surface area contributed by atoms with Gasteiger partial charge in [-0.25, -0.2) is 0 Å². The number of carbonyl (C=O) groups excluding carboxylic acids is 1. The molecule has 0 spiro atoms. The van der Waals surface area contributed by atoms with Crippen LogP contribution in [0.25, 0.3) is 11.1 Å². The van der Waals surface area contributed by atoms with Gasteiger partial charge >= 0.3 is 0 Å². The fourth-order valence-corrected chi connectivity index (χ4v) is 1.77. The molecule has 0 bridgehead atoms. The molecule has 0 aliphatic heterocycles. The van der Waals surface area contributed by atoms with E-state index in [0.717, 1.165) is 11.1 Å². The Bertz CT molecular complexity index is 535. The molecule has 0 saturated heterocycles. The van der Waals surface area contributed by atoms with Gasteiger partial charge < -0.3 is 11.1 Å². The van der Waals surface area contributed by atoms with E-state index in [1.807, 2.05) is 42.5 Å². The van der Waals surface area contributed by atoms with Crippen LogP contribution < -0.4 is 11.1 Å². The molecule has 0 aliphatic rings. The number of anilines is 1. The molecule has 3 nitrogen and oxygen atoms in total. The van der Waals surface area contributed by atoms with Crippen LogP contribution in [0.3, 0.4) is 0 Å².